The molecule has 1 aliphatic rings. The van der Waals surface area contributed by atoms with Gasteiger partial charge in [-0.1, -0.05) is 12.1 Å². The van der Waals surface area contributed by atoms with E-state index in [-0.39, 0.29) is 35.6 Å². The predicted molar refractivity (Wildman–Crippen MR) is 84.7 cm³/mol. The summed E-state index contributed by atoms with van der Waals surface area (Å²) in [6, 6.07) is 9.08. The Morgan fingerprint density at radius 3 is 2.75 bits per heavy atom. The van der Waals surface area contributed by atoms with Crippen LogP contribution >= 0.6 is 0 Å². The zero-order valence-electron chi connectivity index (χ0n) is 13.3. The second kappa shape index (κ2) is 6.86. The molecule has 2 aromatic rings. The van der Waals surface area contributed by atoms with Gasteiger partial charge in [0.25, 0.3) is 5.91 Å². The molecule has 1 aliphatic carbocycles. The molecule has 5 nitrogen and oxygen atoms in total. The van der Waals surface area contributed by atoms with E-state index in [0.29, 0.717) is 5.92 Å². The van der Waals surface area contributed by atoms with Gasteiger partial charge in [0.15, 0.2) is 6.61 Å². The average Bonchev–Trinajstić information content (AvgIpc) is 3.31. The third-order valence-corrected chi connectivity index (χ3v) is 4.00. The molecule has 126 valence electrons. The van der Waals surface area contributed by atoms with Crippen molar-refractivity contribution in [3.8, 4) is 11.3 Å². The topological polar surface area (TPSA) is 68.5 Å². The molecule has 0 unspecified atom stereocenters. The molecule has 1 amide bonds. The number of hydrogen-bond donors (Lipinski definition) is 1. The van der Waals surface area contributed by atoms with Gasteiger partial charge in [0, 0.05) is 6.04 Å². The van der Waals surface area contributed by atoms with Gasteiger partial charge in [-0.3, -0.25) is 4.79 Å². The highest BCUT2D eigenvalue weighted by Crippen LogP contribution is 2.32. The average molecular weight is 331 g/mol. The lowest BCUT2D eigenvalue weighted by Gasteiger charge is -2.12. The van der Waals surface area contributed by atoms with E-state index in [2.05, 4.69) is 5.32 Å². The third kappa shape index (κ3) is 3.82. The second-order valence-electron chi connectivity index (χ2n) is 5.91. The quantitative estimate of drug-likeness (QED) is 0.826. The van der Waals surface area contributed by atoms with Crippen LogP contribution in [0, 0.1) is 11.7 Å². The molecule has 0 radical (unpaired) electrons. The number of benzene rings is 1. The van der Waals surface area contributed by atoms with Gasteiger partial charge < -0.3 is 14.5 Å². The molecule has 1 saturated carbocycles. The standard InChI is InChI=1S/C18H18FNO4/c1-11(12-6-7-12)20-17(21)10-23-18(22)16-9-8-15(24-16)13-4-2-3-5-14(13)19/h2-5,8-9,11-12H,6-7,10H2,1H3,(H,20,21)/t11-/m1/s1. The van der Waals surface area contributed by atoms with Crippen LogP contribution in [0.4, 0.5) is 4.39 Å². The molecule has 0 spiro atoms. The van der Waals surface area contributed by atoms with Crippen molar-refractivity contribution in [2.45, 2.75) is 25.8 Å². The van der Waals surface area contributed by atoms with Crippen molar-refractivity contribution < 1.29 is 23.1 Å². The van der Waals surface area contributed by atoms with Crippen molar-refractivity contribution in [2.75, 3.05) is 6.61 Å². The van der Waals surface area contributed by atoms with Gasteiger partial charge in [0.2, 0.25) is 5.76 Å². The Labute approximate surface area is 138 Å². The number of hydrogen-bond acceptors (Lipinski definition) is 4. The molecule has 1 atom stereocenters. The van der Waals surface area contributed by atoms with Crippen molar-refractivity contribution in [3.05, 3.63) is 48.0 Å². The zero-order chi connectivity index (χ0) is 17.1. The Bertz CT molecular complexity index is 751. The highest BCUT2D eigenvalue weighted by atomic mass is 19.1. The fourth-order valence-electron chi connectivity index (χ4n) is 2.47. The summed E-state index contributed by atoms with van der Waals surface area (Å²) < 4.78 is 24.0. The fraction of sp³-hybridized carbons (Fsp3) is 0.333. The lowest BCUT2D eigenvalue weighted by molar-refractivity contribution is -0.125. The summed E-state index contributed by atoms with van der Waals surface area (Å²) in [6.45, 7) is 1.57. The Morgan fingerprint density at radius 2 is 2.04 bits per heavy atom. The maximum atomic E-state index is 13.7. The van der Waals surface area contributed by atoms with Gasteiger partial charge >= 0.3 is 5.97 Å². The Hall–Kier alpha value is -2.63. The van der Waals surface area contributed by atoms with Gasteiger partial charge in [-0.25, -0.2) is 9.18 Å². The van der Waals surface area contributed by atoms with Gasteiger partial charge in [-0.05, 0) is 49.9 Å². The molecule has 1 aromatic carbocycles. The van der Waals surface area contributed by atoms with E-state index in [0.717, 1.165) is 12.8 Å². The van der Waals surface area contributed by atoms with Crippen LogP contribution in [-0.4, -0.2) is 24.5 Å². The number of nitrogens with one attached hydrogen (secondary N) is 1. The van der Waals surface area contributed by atoms with E-state index in [1.165, 1.54) is 18.2 Å². The largest absolute Gasteiger partial charge is 0.450 e. The molecule has 0 aliphatic heterocycles. The molecular weight excluding hydrogens is 313 g/mol. The first-order chi connectivity index (χ1) is 11.5. The van der Waals surface area contributed by atoms with Gasteiger partial charge in [-0.2, -0.15) is 0 Å². The fourth-order valence-corrected chi connectivity index (χ4v) is 2.47. The number of furan rings is 1. The molecule has 6 heteroatoms. The van der Waals surface area contributed by atoms with Crippen molar-refractivity contribution in [1.82, 2.24) is 5.32 Å². The number of halogens is 1. The summed E-state index contributed by atoms with van der Waals surface area (Å²) in [7, 11) is 0. The molecule has 1 aromatic heterocycles. The van der Waals surface area contributed by atoms with E-state index in [1.54, 1.807) is 18.2 Å². The Kier molecular flexibility index (Phi) is 4.64. The van der Waals surface area contributed by atoms with Gasteiger partial charge in [0.05, 0.1) is 5.56 Å². The van der Waals surface area contributed by atoms with Crippen LogP contribution in [0.25, 0.3) is 11.3 Å². The maximum Gasteiger partial charge on any atom is 0.374 e. The minimum absolute atomic E-state index is 0.0729. The second-order valence-corrected chi connectivity index (χ2v) is 5.91. The summed E-state index contributed by atoms with van der Waals surface area (Å²) in [4.78, 5) is 23.6. The SMILES string of the molecule is C[C@@H](NC(=O)COC(=O)c1ccc(-c2ccccc2F)o1)C1CC1. The molecule has 1 N–H and O–H groups in total. The summed E-state index contributed by atoms with van der Waals surface area (Å²) in [5.74, 6) is -0.864. The molecular formula is C18H18FNO4. The maximum absolute atomic E-state index is 13.7. The Morgan fingerprint density at radius 1 is 1.29 bits per heavy atom. The van der Waals surface area contributed by atoms with E-state index >= 15 is 0 Å². The normalized spacial score (nSPS) is 14.9. The molecule has 0 bridgehead atoms. The third-order valence-electron chi connectivity index (χ3n) is 4.00. The first kappa shape index (κ1) is 16.2. The van der Waals surface area contributed by atoms with Crippen LogP contribution in [0.3, 0.4) is 0 Å². The van der Waals surface area contributed by atoms with Crippen molar-refractivity contribution in [3.63, 3.8) is 0 Å². The van der Waals surface area contributed by atoms with Crippen LogP contribution in [-0.2, 0) is 9.53 Å². The molecule has 24 heavy (non-hydrogen) atoms. The lowest BCUT2D eigenvalue weighted by atomic mass is 10.1. The molecule has 1 fully saturated rings. The molecule has 1 heterocycles. The summed E-state index contributed by atoms with van der Waals surface area (Å²) in [5, 5.41) is 2.79. The number of carbonyl (C=O) groups is 2. The van der Waals surface area contributed by atoms with Crippen LogP contribution in [0.1, 0.15) is 30.3 Å². The van der Waals surface area contributed by atoms with Gasteiger partial charge in [-0.15, -0.1) is 0 Å². The first-order valence-electron chi connectivity index (χ1n) is 7.86. The highest BCUT2D eigenvalue weighted by Gasteiger charge is 2.29. The van der Waals surface area contributed by atoms with E-state index in [9.17, 15) is 14.0 Å². The van der Waals surface area contributed by atoms with Gasteiger partial charge in [0.1, 0.15) is 11.6 Å². The highest BCUT2D eigenvalue weighted by molar-refractivity contribution is 5.89. The summed E-state index contributed by atoms with van der Waals surface area (Å²) >= 11 is 0. The van der Waals surface area contributed by atoms with E-state index in [1.807, 2.05) is 6.92 Å². The van der Waals surface area contributed by atoms with Crippen LogP contribution in [0.5, 0.6) is 0 Å². The number of rotatable bonds is 6. The minimum atomic E-state index is -0.758. The minimum Gasteiger partial charge on any atom is -0.450 e. The van der Waals surface area contributed by atoms with Crippen LogP contribution < -0.4 is 5.32 Å². The predicted octanol–water partition coefficient (Wildman–Crippen LogP) is 3.16. The van der Waals surface area contributed by atoms with Crippen molar-refractivity contribution >= 4 is 11.9 Å². The molecule has 0 saturated heterocycles. The number of amides is 1. The summed E-state index contributed by atoms with van der Waals surface area (Å²) in [6.07, 6.45) is 2.24. The lowest BCUT2D eigenvalue weighted by Crippen LogP contribution is -2.37. The number of carbonyl (C=O) groups excluding carboxylic acids is 2. The molecule has 3 rings (SSSR count). The Balaban J connectivity index is 1.56. The first-order valence-corrected chi connectivity index (χ1v) is 7.86. The van der Waals surface area contributed by atoms with Crippen LogP contribution in [0.2, 0.25) is 0 Å². The zero-order valence-corrected chi connectivity index (χ0v) is 13.3. The number of esters is 1. The monoisotopic (exact) mass is 331 g/mol. The van der Waals surface area contributed by atoms with Crippen LogP contribution in [0.15, 0.2) is 40.8 Å². The van der Waals surface area contributed by atoms with Crippen molar-refractivity contribution in [1.29, 1.82) is 0 Å². The van der Waals surface area contributed by atoms with E-state index in [4.69, 9.17) is 9.15 Å². The smallest absolute Gasteiger partial charge is 0.374 e. The van der Waals surface area contributed by atoms with Crippen molar-refractivity contribution in [2.24, 2.45) is 5.92 Å². The summed E-state index contributed by atoms with van der Waals surface area (Å²) in [5.41, 5.74) is 0.257. The van der Waals surface area contributed by atoms with E-state index < -0.39 is 11.8 Å². The number of ether oxygens (including phenoxy) is 1.